The van der Waals surface area contributed by atoms with E-state index in [1.54, 1.807) is 16.0 Å². The van der Waals surface area contributed by atoms with Crippen molar-refractivity contribution in [2.75, 3.05) is 0 Å². The second-order valence-electron chi connectivity index (χ2n) is 4.83. The second-order valence-corrected chi connectivity index (χ2v) is 5.78. The van der Waals surface area contributed by atoms with Gasteiger partial charge in [-0.05, 0) is 22.9 Å². The van der Waals surface area contributed by atoms with E-state index in [2.05, 4.69) is 22.4 Å². The van der Waals surface area contributed by atoms with Crippen LogP contribution >= 0.6 is 11.3 Å². The summed E-state index contributed by atoms with van der Waals surface area (Å²) in [7, 11) is 0. The van der Waals surface area contributed by atoms with Crippen molar-refractivity contribution in [3.8, 4) is 16.3 Å². The lowest BCUT2D eigenvalue weighted by Gasteiger charge is -2.09. The number of aromatic nitrogens is 3. The number of benzene rings is 2. The molecule has 2 aromatic carbocycles. The Morgan fingerprint density at radius 3 is 2.68 bits per heavy atom. The number of thiophene rings is 1. The van der Waals surface area contributed by atoms with Gasteiger partial charge in [0.05, 0.1) is 10.6 Å². The summed E-state index contributed by atoms with van der Waals surface area (Å²) < 4.78 is 1.75. The molecule has 0 N–H and O–H groups in total. The van der Waals surface area contributed by atoms with Gasteiger partial charge in [0.1, 0.15) is 5.69 Å². The molecule has 2 heterocycles. The molecule has 0 saturated heterocycles. The fourth-order valence-electron chi connectivity index (χ4n) is 2.58. The minimum Gasteiger partial charge on any atom is -0.296 e. The van der Waals surface area contributed by atoms with E-state index >= 15 is 0 Å². The average molecular weight is 305 g/mol. The molecular weight excluding hydrogens is 294 g/mol. The largest absolute Gasteiger partial charge is 0.296 e. The van der Waals surface area contributed by atoms with Gasteiger partial charge in [-0.1, -0.05) is 47.7 Å². The Bertz CT molecular complexity index is 952. The molecule has 0 unspecified atom stereocenters. The summed E-state index contributed by atoms with van der Waals surface area (Å²) in [4.78, 5) is 12.3. The molecule has 0 spiro atoms. The van der Waals surface area contributed by atoms with Crippen LogP contribution in [0.5, 0.6) is 0 Å². The molecule has 0 amide bonds. The summed E-state index contributed by atoms with van der Waals surface area (Å²) in [6.07, 6.45) is 0.754. The van der Waals surface area contributed by atoms with Gasteiger partial charge in [-0.25, -0.2) is 4.68 Å². The lowest BCUT2D eigenvalue weighted by molar-refractivity contribution is 0.111. The van der Waals surface area contributed by atoms with Gasteiger partial charge in [0, 0.05) is 5.39 Å². The number of fused-ring (bicyclic) bond motifs is 1. The van der Waals surface area contributed by atoms with E-state index in [1.165, 1.54) is 0 Å². The second kappa shape index (κ2) is 5.20. The van der Waals surface area contributed by atoms with Gasteiger partial charge >= 0.3 is 0 Å². The highest BCUT2D eigenvalue weighted by atomic mass is 32.1. The Labute approximate surface area is 130 Å². The predicted octanol–water partition coefficient (Wildman–Crippen LogP) is 3.96. The first-order chi connectivity index (χ1) is 10.9. The Morgan fingerprint density at radius 1 is 1.00 bits per heavy atom. The SMILES string of the molecule is O=Cc1nnn(-c2cccc3ccccc23)c1-c1cccs1. The van der Waals surface area contributed by atoms with Crippen molar-refractivity contribution < 1.29 is 4.79 Å². The first-order valence-corrected chi connectivity index (χ1v) is 7.69. The van der Waals surface area contributed by atoms with Crippen molar-refractivity contribution in [1.29, 1.82) is 0 Å². The number of carbonyl (C=O) groups is 1. The standard InChI is InChI=1S/C17H11N3OS/c21-11-14-17(16-9-4-10-22-16)20(19-18-14)15-8-3-6-12-5-1-2-7-13(12)15/h1-11H. The molecule has 0 aliphatic rings. The van der Waals surface area contributed by atoms with Crippen LogP contribution in [0.15, 0.2) is 60.0 Å². The molecule has 0 bridgehead atoms. The number of hydrogen-bond donors (Lipinski definition) is 0. The Balaban J connectivity index is 2.04. The van der Waals surface area contributed by atoms with Crippen molar-refractivity contribution in [3.63, 3.8) is 0 Å². The zero-order chi connectivity index (χ0) is 14.9. The van der Waals surface area contributed by atoms with E-state index in [4.69, 9.17) is 0 Å². The Kier molecular flexibility index (Phi) is 3.05. The number of carbonyl (C=O) groups excluding carboxylic acids is 1. The molecule has 106 valence electrons. The van der Waals surface area contributed by atoms with Crippen molar-refractivity contribution in [2.45, 2.75) is 0 Å². The van der Waals surface area contributed by atoms with E-state index in [0.29, 0.717) is 5.69 Å². The van der Waals surface area contributed by atoms with Crippen molar-refractivity contribution in [2.24, 2.45) is 0 Å². The highest BCUT2D eigenvalue weighted by Gasteiger charge is 2.17. The van der Waals surface area contributed by atoms with Gasteiger partial charge in [0.15, 0.2) is 12.0 Å². The van der Waals surface area contributed by atoms with Crippen molar-refractivity contribution >= 4 is 28.4 Å². The lowest BCUT2D eigenvalue weighted by atomic mass is 10.1. The van der Waals surface area contributed by atoms with E-state index in [0.717, 1.165) is 33.3 Å². The van der Waals surface area contributed by atoms with Gasteiger partial charge in [-0.15, -0.1) is 16.4 Å². The predicted molar refractivity (Wildman–Crippen MR) is 87.6 cm³/mol. The lowest BCUT2D eigenvalue weighted by Crippen LogP contribution is -2.00. The van der Waals surface area contributed by atoms with Gasteiger partial charge in [-0.2, -0.15) is 0 Å². The molecule has 0 atom stereocenters. The molecule has 0 aliphatic carbocycles. The van der Waals surface area contributed by atoms with Gasteiger partial charge in [0.2, 0.25) is 0 Å². The summed E-state index contributed by atoms with van der Waals surface area (Å²) in [5, 5.41) is 12.4. The minimum atomic E-state index is 0.357. The van der Waals surface area contributed by atoms with E-state index in [9.17, 15) is 4.79 Å². The van der Waals surface area contributed by atoms with Crippen LogP contribution in [-0.2, 0) is 0 Å². The number of aldehydes is 1. The molecule has 0 aliphatic heterocycles. The topological polar surface area (TPSA) is 47.8 Å². The van der Waals surface area contributed by atoms with Crippen LogP contribution < -0.4 is 0 Å². The zero-order valence-electron chi connectivity index (χ0n) is 11.5. The molecule has 5 heteroatoms. The molecule has 22 heavy (non-hydrogen) atoms. The molecule has 2 aromatic heterocycles. The maximum Gasteiger partial charge on any atom is 0.172 e. The molecule has 4 aromatic rings. The Morgan fingerprint density at radius 2 is 1.86 bits per heavy atom. The maximum absolute atomic E-state index is 11.3. The molecular formula is C17H11N3OS. The third-order valence-electron chi connectivity index (χ3n) is 3.56. The third kappa shape index (κ3) is 1.95. The summed E-state index contributed by atoms with van der Waals surface area (Å²) >= 11 is 1.56. The smallest absolute Gasteiger partial charge is 0.172 e. The van der Waals surface area contributed by atoms with E-state index < -0.39 is 0 Å². The molecule has 0 radical (unpaired) electrons. The van der Waals surface area contributed by atoms with E-state index in [1.807, 2.05) is 47.8 Å². The zero-order valence-corrected chi connectivity index (χ0v) is 12.3. The number of hydrogen-bond acceptors (Lipinski definition) is 4. The molecule has 0 saturated carbocycles. The molecule has 4 rings (SSSR count). The first kappa shape index (κ1) is 12.9. The van der Waals surface area contributed by atoms with Crippen molar-refractivity contribution in [1.82, 2.24) is 15.0 Å². The van der Waals surface area contributed by atoms with Crippen LogP contribution in [0.4, 0.5) is 0 Å². The number of nitrogens with zero attached hydrogens (tertiary/aromatic N) is 3. The van der Waals surface area contributed by atoms with Crippen LogP contribution in [0.25, 0.3) is 27.0 Å². The molecule has 4 nitrogen and oxygen atoms in total. The highest BCUT2D eigenvalue weighted by Crippen LogP contribution is 2.31. The fourth-order valence-corrected chi connectivity index (χ4v) is 3.34. The summed E-state index contributed by atoms with van der Waals surface area (Å²) in [5.41, 5.74) is 2.01. The van der Waals surface area contributed by atoms with Crippen molar-refractivity contribution in [3.05, 3.63) is 65.7 Å². The van der Waals surface area contributed by atoms with Gasteiger partial charge in [0.25, 0.3) is 0 Å². The number of rotatable bonds is 3. The quantitative estimate of drug-likeness (QED) is 0.538. The van der Waals surface area contributed by atoms with Crippen LogP contribution in [0, 0.1) is 0 Å². The van der Waals surface area contributed by atoms with Crippen LogP contribution in [0.3, 0.4) is 0 Å². The molecule has 0 fully saturated rings. The van der Waals surface area contributed by atoms with Gasteiger partial charge in [-0.3, -0.25) is 4.79 Å². The Hall–Kier alpha value is -2.79. The van der Waals surface area contributed by atoms with Crippen LogP contribution in [0.1, 0.15) is 10.5 Å². The highest BCUT2D eigenvalue weighted by molar-refractivity contribution is 7.13. The minimum absolute atomic E-state index is 0.357. The third-order valence-corrected chi connectivity index (χ3v) is 4.43. The summed E-state index contributed by atoms with van der Waals surface area (Å²) in [6.45, 7) is 0. The monoisotopic (exact) mass is 305 g/mol. The summed E-state index contributed by atoms with van der Waals surface area (Å²) in [5.74, 6) is 0. The first-order valence-electron chi connectivity index (χ1n) is 6.81. The summed E-state index contributed by atoms with van der Waals surface area (Å²) in [6, 6.07) is 18.1. The average Bonchev–Trinajstić information content (AvgIpc) is 3.23. The van der Waals surface area contributed by atoms with Crippen LogP contribution in [0.2, 0.25) is 0 Å². The normalized spacial score (nSPS) is 10.9. The van der Waals surface area contributed by atoms with Gasteiger partial charge < -0.3 is 0 Å². The maximum atomic E-state index is 11.3. The van der Waals surface area contributed by atoms with Crippen LogP contribution in [-0.4, -0.2) is 21.3 Å². The fraction of sp³-hybridized carbons (Fsp3) is 0. The van der Waals surface area contributed by atoms with E-state index in [-0.39, 0.29) is 0 Å².